The number of likely N-dealkylation sites (tertiary alicyclic amines) is 1. The van der Waals surface area contributed by atoms with Crippen molar-refractivity contribution >= 4 is 29.9 Å². The van der Waals surface area contributed by atoms with E-state index in [-0.39, 0.29) is 36.2 Å². The van der Waals surface area contributed by atoms with Gasteiger partial charge in [-0.15, -0.1) is 12.4 Å². The Kier molecular flexibility index (Phi) is 7.90. The second kappa shape index (κ2) is 9.20. The molecule has 0 spiro atoms. The number of nitrogens with two attached hydrogens (primary N) is 1. The van der Waals surface area contributed by atoms with Gasteiger partial charge in [0.15, 0.2) is 0 Å². The maximum Gasteiger partial charge on any atom is 0.253 e. The Hall–Kier alpha value is -1.59. The van der Waals surface area contributed by atoms with Crippen LogP contribution in [0.1, 0.15) is 49.5 Å². The number of amides is 2. The predicted octanol–water partition coefficient (Wildman–Crippen LogP) is 3.21. The average Bonchev–Trinajstić information content (AvgIpc) is 2.55. The molecule has 0 radical (unpaired) electrons. The van der Waals surface area contributed by atoms with Crippen molar-refractivity contribution in [3.63, 3.8) is 0 Å². The van der Waals surface area contributed by atoms with E-state index in [0.717, 1.165) is 30.8 Å². The highest BCUT2D eigenvalue weighted by Crippen LogP contribution is 2.22. The van der Waals surface area contributed by atoms with Crippen LogP contribution in [0.3, 0.4) is 0 Å². The summed E-state index contributed by atoms with van der Waals surface area (Å²) >= 11 is 0. The number of nitrogens with zero attached hydrogens (tertiary/aromatic N) is 1. The van der Waals surface area contributed by atoms with Crippen LogP contribution < -0.4 is 11.1 Å². The van der Waals surface area contributed by atoms with Crippen molar-refractivity contribution in [2.75, 3.05) is 18.4 Å². The lowest BCUT2D eigenvalue weighted by Crippen LogP contribution is -2.39. The number of nitrogens with one attached hydrogen (secondary N) is 1. The Labute approximate surface area is 156 Å². The van der Waals surface area contributed by atoms with Crippen molar-refractivity contribution in [2.45, 2.75) is 46.6 Å². The van der Waals surface area contributed by atoms with Crippen LogP contribution in [0.15, 0.2) is 18.2 Å². The number of aryl methyl sites for hydroxylation is 1. The summed E-state index contributed by atoms with van der Waals surface area (Å²) in [6.45, 7) is 9.36. The van der Waals surface area contributed by atoms with Crippen molar-refractivity contribution in [3.05, 3.63) is 29.3 Å². The summed E-state index contributed by atoms with van der Waals surface area (Å²) < 4.78 is 0. The molecule has 2 rings (SSSR count). The molecule has 6 heteroatoms. The van der Waals surface area contributed by atoms with Crippen LogP contribution in [-0.4, -0.2) is 35.8 Å². The lowest BCUT2D eigenvalue weighted by molar-refractivity contribution is -0.119. The fraction of sp³-hybridized carbons (Fsp3) is 0.579. The molecule has 0 bridgehead atoms. The van der Waals surface area contributed by atoms with Gasteiger partial charge in [-0.05, 0) is 56.4 Å². The van der Waals surface area contributed by atoms with E-state index in [1.54, 1.807) is 6.07 Å². The van der Waals surface area contributed by atoms with Gasteiger partial charge in [0.2, 0.25) is 5.91 Å². The number of carbonyl (C=O) groups excluding carboxylic acids is 2. The van der Waals surface area contributed by atoms with Gasteiger partial charge in [0.1, 0.15) is 0 Å². The lowest BCUT2D eigenvalue weighted by Gasteiger charge is -2.31. The van der Waals surface area contributed by atoms with E-state index in [4.69, 9.17) is 5.73 Å². The highest BCUT2D eigenvalue weighted by molar-refractivity contribution is 5.97. The number of hydrogen-bond donors (Lipinski definition) is 2. The van der Waals surface area contributed by atoms with Crippen molar-refractivity contribution in [2.24, 2.45) is 17.6 Å². The SMILES string of the molecule is Cc1cc(C(=O)N2CCCC(C)C2)ccc1NC(=O)C(C)C(C)N.Cl. The summed E-state index contributed by atoms with van der Waals surface area (Å²) in [5, 5.41) is 2.90. The third kappa shape index (κ3) is 5.44. The van der Waals surface area contributed by atoms with Crippen molar-refractivity contribution in [1.82, 2.24) is 4.90 Å². The summed E-state index contributed by atoms with van der Waals surface area (Å²) in [6, 6.07) is 5.25. The van der Waals surface area contributed by atoms with Crippen molar-refractivity contribution in [1.29, 1.82) is 0 Å². The Morgan fingerprint density at radius 1 is 1.32 bits per heavy atom. The molecular formula is C19H30ClN3O2. The number of piperidine rings is 1. The molecule has 1 fully saturated rings. The van der Waals surface area contributed by atoms with Crippen LogP contribution in [0.25, 0.3) is 0 Å². The molecule has 0 saturated carbocycles. The van der Waals surface area contributed by atoms with E-state index in [9.17, 15) is 9.59 Å². The molecule has 0 aromatic heterocycles. The standard InChI is InChI=1S/C19H29N3O2.ClH/c1-12-6-5-9-22(11-12)19(24)16-7-8-17(13(2)10-16)21-18(23)14(3)15(4)20;/h7-8,10,12,14-15H,5-6,9,11,20H2,1-4H3,(H,21,23);1H. The zero-order chi connectivity index (χ0) is 17.9. The predicted molar refractivity (Wildman–Crippen MR) is 104 cm³/mol. The van der Waals surface area contributed by atoms with Gasteiger partial charge in [0.25, 0.3) is 5.91 Å². The molecule has 1 aliphatic rings. The molecule has 3 N–H and O–H groups in total. The van der Waals surface area contributed by atoms with Crippen LogP contribution in [0.4, 0.5) is 5.69 Å². The summed E-state index contributed by atoms with van der Waals surface area (Å²) in [5.74, 6) is 0.270. The molecule has 1 aromatic rings. The zero-order valence-corrected chi connectivity index (χ0v) is 16.4. The molecule has 3 atom stereocenters. The second-order valence-corrected chi connectivity index (χ2v) is 7.17. The van der Waals surface area contributed by atoms with Gasteiger partial charge in [-0.2, -0.15) is 0 Å². The van der Waals surface area contributed by atoms with Crippen LogP contribution >= 0.6 is 12.4 Å². The monoisotopic (exact) mass is 367 g/mol. The number of halogens is 1. The fourth-order valence-corrected chi connectivity index (χ4v) is 2.98. The van der Waals surface area contributed by atoms with Crippen LogP contribution in [0.2, 0.25) is 0 Å². The first-order chi connectivity index (χ1) is 11.3. The Morgan fingerprint density at radius 3 is 2.56 bits per heavy atom. The zero-order valence-electron chi connectivity index (χ0n) is 15.5. The summed E-state index contributed by atoms with van der Waals surface area (Å²) in [5.41, 5.74) is 8.07. The molecule has 140 valence electrons. The van der Waals surface area contributed by atoms with Gasteiger partial charge in [0.05, 0.1) is 5.92 Å². The molecule has 5 nitrogen and oxygen atoms in total. The van der Waals surface area contributed by atoms with Gasteiger partial charge in [-0.3, -0.25) is 9.59 Å². The van der Waals surface area contributed by atoms with E-state index in [0.29, 0.717) is 11.5 Å². The minimum absolute atomic E-state index is 0. The summed E-state index contributed by atoms with van der Waals surface area (Å²) in [6.07, 6.45) is 2.25. The average molecular weight is 368 g/mol. The summed E-state index contributed by atoms with van der Waals surface area (Å²) in [4.78, 5) is 26.7. The number of anilines is 1. The van der Waals surface area contributed by atoms with E-state index in [1.165, 1.54) is 6.42 Å². The van der Waals surface area contributed by atoms with E-state index < -0.39 is 0 Å². The quantitative estimate of drug-likeness (QED) is 0.857. The molecule has 1 saturated heterocycles. The number of carbonyl (C=O) groups is 2. The van der Waals surface area contributed by atoms with Gasteiger partial charge < -0.3 is 16.0 Å². The molecule has 2 amide bonds. The Bertz CT molecular complexity index is 619. The topological polar surface area (TPSA) is 75.4 Å². The van der Waals surface area contributed by atoms with Crippen LogP contribution in [0, 0.1) is 18.8 Å². The minimum Gasteiger partial charge on any atom is -0.338 e. The maximum absolute atomic E-state index is 12.7. The molecule has 25 heavy (non-hydrogen) atoms. The normalized spacial score (nSPS) is 19.6. The summed E-state index contributed by atoms with van der Waals surface area (Å²) in [7, 11) is 0. The largest absolute Gasteiger partial charge is 0.338 e. The van der Waals surface area contributed by atoms with Crippen LogP contribution in [-0.2, 0) is 4.79 Å². The van der Waals surface area contributed by atoms with E-state index >= 15 is 0 Å². The second-order valence-electron chi connectivity index (χ2n) is 7.17. The first kappa shape index (κ1) is 21.5. The molecular weight excluding hydrogens is 338 g/mol. The molecule has 1 heterocycles. The number of benzene rings is 1. The minimum atomic E-state index is -0.263. The Morgan fingerprint density at radius 2 is 2.00 bits per heavy atom. The van der Waals surface area contributed by atoms with Crippen molar-refractivity contribution in [3.8, 4) is 0 Å². The van der Waals surface area contributed by atoms with E-state index in [2.05, 4.69) is 12.2 Å². The van der Waals surface area contributed by atoms with Gasteiger partial charge in [0, 0.05) is 30.4 Å². The third-order valence-electron chi connectivity index (χ3n) is 4.88. The number of rotatable bonds is 4. The van der Waals surface area contributed by atoms with Crippen LogP contribution in [0.5, 0.6) is 0 Å². The molecule has 3 unspecified atom stereocenters. The first-order valence-electron chi connectivity index (χ1n) is 8.76. The maximum atomic E-state index is 12.7. The molecule has 1 aliphatic heterocycles. The van der Waals surface area contributed by atoms with Crippen molar-refractivity contribution < 1.29 is 9.59 Å². The molecule has 1 aromatic carbocycles. The highest BCUT2D eigenvalue weighted by atomic mass is 35.5. The third-order valence-corrected chi connectivity index (χ3v) is 4.88. The highest BCUT2D eigenvalue weighted by Gasteiger charge is 2.23. The Balaban J connectivity index is 0.00000312. The van der Waals surface area contributed by atoms with Gasteiger partial charge in [-0.25, -0.2) is 0 Å². The fourth-order valence-electron chi connectivity index (χ4n) is 2.98. The smallest absolute Gasteiger partial charge is 0.253 e. The number of hydrogen-bond acceptors (Lipinski definition) is 3. The molecule has 0 aliphatic carbocycles. The first-order valence-corrected chi connectivity index (χ1v) is 8.76. The van der Waals surface area contributed by atoms with Gasteiger partial charge >= 0.3 is 0 Å². The lowest BCUT2D eigenvalue weighted by atomic mass is 9.99. The van der Waals surface area contributed by atoms with E-state index in [1.807, 2.05) is 37.8 Å². The van der Waals surface area contributed by atoms with Gasteiger partial charge in [-0.1, -0.05) is 13.8 Å².